The van der Waals surface area contributed by atoms with Crippen LogP contribution in [0.5, 0.6) is 5.75 Å². The lowest BCUT2D eigenvalue weighted by Gasteiger charge is -2.15. The molecule has 0 aliphatic heterocycles. The summed E-state index contributed by atoms with van der Waals surface area (Å²) in [5.74, 6) is -0.181. The Morgan fingerprint density at radius 2 is 1.71 bits per heavy atom. The van der Waals surface area contributed by atoms with E-state index in [0.717, 1.165) is 10.6 Å². The highest BCUT2D eigenvalue weighted by Gasteiger charge is 2.31. The number of alkyl halides is 3. The van der Waals surface area contributed by atoms with Crippen LogP contribution in [0.2, 0.25) is 0 Å². The molecule has 2 aromatic carbocycles. The van der Waals surface area contributed by atoms with Crippen LogP contribution in [0.15, 0.2) is 53.4 Å². The van der Waals surface area contributed by atoms with Crippen LogP contribution in [0.4, 0.5) is 18.9 Å². The number of halogens is 3. The van der Waals surface area contributed by atoms with Crippen molar-refractivity contribution in [2.24, 2.45) is 0 Å². The summed E-state index contributed by atoms with van der Waals surface area (Å²) in [5, 5.41) is 3.14. The Hall–Kier alpha value is -1.82. The molecule has 0 heterocycles. The third kappa shape index (κ3) is 4.60. The summed E-state index contributed by atoms with van der Waals surface area (Å²) >= 11 is 1.57. The monoisotopic (exact) mass is 313 g/mol. The van der Waals surface area contributed by atoms with Crippen LogP contribution >= 0.6 is 11.8 Å². The van der Waals surface area contributed by atoms with Crippen molar-refractivity contribution in [3.8, 4) is 5.75 Å². The number of hydrogen-bond donors (Lipinski definition) is 1. The van der Waals surface area contributed by atoms with Crippen molar-refractivity contribution in [3.05, 3.63) is 54.1 Å². The van der Waals surface area contributed by atoms with Gasteiger partial charge in [0, 0.05) is 22.7 Å². The summed E-state index contributed by atoms with van der Waals surface area (Å²) in [6, 6.07) is 13.7. The first-order valence-corrected chi connectivity index (χ1v) is 7.42. The van der Waals surface area contributed by atoms with E-state index >= 15 is 0 Å². The molecule has 2 rings (SSSR count). The minimum Gasteiger partial charge on any atom is -0.405 e. The normalized spacial score (nSPS) is 11.2. The second-order valence-corrected chi connectivity index (χ2v) is 5.06. The van der Waals surface area contributed by atoms with E-state index in [0.29, 0.717) is 5.56 Å². The average molecular weight is 313 g/mol. The Bertz CT molecular complexity index is 601. The Labute approximate surface area is 125 Å². The zero-order valence-electron chi connectivity index (χ0n) is 11.3. The number of hydrogen-bond acceptors (Lipinski definition) is 3. The molecule has 0 saturated heterocycles. The van der Waals surface area contributed by atoms with Crippen LogP contribution in [0, 0.1) is 0 Å². The summed E-state index contributed by atoms with van der Waals surface area (Å²) in [5.41, 5.74) is 1.33. The maximum atomic E-state index is 12.4. The van der Waals surface area contributed by atoms with Crippen molar-refractivity contribution in [2.45, 2.75) is 17.8 Å². The van der Waals surface area contributed by atoms with Crippen LogP contribution in [0.1, 0.15) is 5.56 Å². The fourth-order valence-corrected chi connectivity index (χ4v) is 2.43. The molecule has 0 atom stereocenters. The molecule has 2 nitrogen and oxygen atoms in total. The molecule has 0 aliphatic carbocycles. The Morgan fingerprint density at radius 3 is 2.43 bits per heavy atom. The van der Waals surface area contributed by atoms with Crippen LogP contribution in [0.25, 0.3) is 0 Å². The van der Waals surface area contributed by atoms with Gasteiger partial charge in [0.05, 0.1) is 0 Å². The molecular formula is C15H14F3NOS. The summed E-state index contributed by atoms with van der Waals surface area (Å²) in [6.07, 6.45) is -2.74. The standard InChI is InChI=1S/C15H14F3NOS/c1-21-14-9-5-3-7-12(14)19-10-11-6-2-4-8-13(11)20-15(16,17)18/h2-9,19H,10H2,1H3. The van der Waals surface area contributed by atoms with Crippen LogP contribution < -0.4 is 10.1 Å². The maximum absolute atomic E-state index is 12.4. The lowest BCUT2D eigenvalue weighted by molar-refractivity contribution is -0.274. The van der Waals surface area contributed by atoms with Gasteiger partial charge >= 0.3 is 6.36 Å². The van der Waals surface area contributed by atoms with Gasteiger partial charge in [-0.1, -0.05) is 30.3 Å². The Balaban J connectivity index is 2.13. The van der Waals surface area contributed by atoms with Gasteiger partial charge in [0.1, 0.15) is 5.75 Å². The first kappa shape index (κ1) is 15.6. The molecule has 0 radical (unpaired) electrons. The molecule has 0 unspecified atom stereocenters. The number of benzene rings is 2. The van der Waals surface area contributed by atoms with Crippen molar-refractivity contribution in [1.82, 2.24) is 0 Å². The predicted molar refractivity (Wildman–Crippen MR) is 78.7 cm³/mol. The van der Waals surface area contributed by atoms with E-state index in [1.54, 1.807) is 23.9 Å². The molecule has 0 aliphatic rings. The highest BCUT2D eigenvalue weighted by Crippen LogP contribution is 2.29. The van der Waals surface area contributed by atoms with E-state index < -0.39 is 6.36 Å². The van der Waals surface area contributed by atoms with Crippen LogP contribution in [-0.2, 0) is 6.54 Å². The SMILES string of the molecule is CSc1ccccc1NCc1ccccc1OC(F)(F)F. The molecule has 6 heteroatoms. The predicted octanol–water partition coefficient (Wildman–Crippen LogP) is 4.92. The van der Waals surface area contributed by atoms with Gasteiger partial charge in [-0.15, -0.1) is 24.9 Å². The zero-order valence-corrected chi connectivity index (χ0v) is 12.1. The second kappa shape index (κ2) is 6.76. The molecule has 0 aromatic heterocycles. The van der Waals surface area contributed by atoms with E-state index in [2.05, 4.69) is 10.1 Å². The second-order valence-electron chi connectivity index (χ2n) is 4.21. The lowest BCUT2D eigenvalue weighted by atomic mass is 10.2. The fourth-order valence-electron chi connectivity index (χ4n) is 1.86. The van der Waals surface area contributed by atoms with Gasteiger partial charge in [-0.3, -0.25) is 0 Å². The molecule has 21 heavy (non-hydrogen) atoms. The van der Waals surface area contributed by atoms with Gasteiger partial charge in [-0.05, 0) is 24.5 Å². The third-order valence-corrected chi connectivity index (χ3v) is 3.57. The van der Waals surface area contributed by atoms with Crippen LogP contribution in [0.3, 0.4) is 0 Å². The first-order chi connectivity index (χ1) is 9.99. The average Bonchev–Trinajstić information content (AvgIpc) is 2.45. The summed E-state index contributed by atoms with van der Waals surface area (Å²) in [7, 11) is 0. The third-order valence-electron chi connectivity index (χ3n) is 2.77. The quantitative estimate of drug-likeness (QED) is 0.792. The summed E-state index contributed by atoms with van der Waals surface area (Å²) in [6.45, 7) is 0.254. The maximum Gasteiger partial charge on any atom is 0.573 e. The Morgan fingerprint density at radius 1 is 1.05 bits per heavy atom. The fraction of sp³-hybridized carbons (Fsp3) is 0.200. The smallest absolute Gasteiger partial charge is 0.405 e. The van der Waals surface area contributed by atoms with Crippen molar-refractivity contribution >= 4 is 17.4 Å². The zero-order chi connectivity index (χ0) is 15.3. The minimum absolute atomic E-state index is 0.181. The molecule has 0 bridgehead atoms. The summed E-state index contributed by atoms with van der Waals surface area (Å²) < 4.78 is 41.1. The number of thioether (sulfide) groups is 1. The highest BCUT2D eigenvalue weighted by molar-refractivity contribution is 7.98. The van der Waals surface area contributed by atoms with Gasteiger partial charge in [0.2, 0.25) is 0 Å². The molecule has 112 valence electrons. The van der Waals surface area contributed by atoms with Crippen LogP contribution in [-0.4, -0.2) is 12.6 Å². The van der Waals surface area contributed by atoms with E-state index in [-0.39, 0.29) is 12.3 Å². The van der Waals surface area contributed by atoms with Gasteiger partial charge in [-0.2, -0.15) is 0 Å². The van der Waals surface area contributed by atoms with Crippen molar-refractivity contribution < 1.29 is 17.9 Å². The van der Waals surface area contributed by atoms with Gasteiger partial charge < -0.3 is 10.1 Å². The van der Waals surface area contributed by atoms with E-state index in [1.165, 1.54) is 12.1 Å². The number of rotatable bonds is 5. The minimum atomic E-state index is -4.69. The summed E-state index contributed by atoms with van der Waals surface area (Å²) in [4.78, 5) is 1.03. The molecule has 0 spiro atoms. The molecule has 2 aromatic rings. The number of ether oxygens (including phenoxy) is 1. The van der Waals surface area contributed by atoms with Crippen molar-refractivity contribution in [3.63, 3.8) is 0 Å². The highest BCUT2D eigenvalue weighted by atomic mass is 32.2. The number of para-hydroxylation sites is 2. The largest absolute Gasteiger partial charge is 0.573 e. The molecular weight excluding hydrogens is 299 g/mol. The number of nitrogens with one attached hydrogen (secondary N) is 1. The molecule has 0 fully saturated rings. The van der Waals surface area contributed by atoms with Crippen molar-refractivity contribution in [1.29, 1.82) is 0 Å². The van der Waals surface area contributed by atoms with Crippen molar-refractivity contribution in [2.75, 3.05) is 11.6 Å². The molecule has 0 saturated carbocycles. The van der Waals surface area contributed by atoms with E-state index in [9.17, 15) is 13.2 Å². The van der Waals surface area contributed by atoms with Gasteiger partial charge in [0.15, 0.2) is 0 Å². The number of anilines is 1. The van der Waals surface area contributed by atoms with E-state index in [4.69, 9.17) is 0 Å². The van der Waals surface area contributed by atoms with Gasteiger partial charge in [0.25, 0.3) is 0 Å². The van der Waals surface area contributed by atoms with E-state index in [1.807, 2.05) is 30.5 Å². The van der Waals surface area contributed by atoms with Gasteiger partial charge in [-0.25, -0.2) is 0 Å². The topological polar surface area (TPSA) is 21.3 Å². The first-order valence-electron chi connectivity index (χ1n) is 6.20. The molecule has 1 N–H and O–H groups in total. The Kier molecular flexibility index (Phi) is 5.01. The lowest BCUT2D eigenvalue weighted by Crippen LogP contribution is -2.18. The molecule has 0 amide bonds.